The van der Waals surface area contributed by atoms with Gasteiger partial charge in [-0.25, -0.2) is 4.79 Å². The lowest BCUT2D eigenvalue weighted by atomic mass is 10.0. The smallest absolute Gasteiger partial charge is 0.330 e. The maximum Gasteiger partial charge on any atom is 0.330 e. The van der Waals surface area contributed by atoms with Crippen LogP contribution in [0.25, 0.3) is 0 Å². The number of hydrogen-bond donors (Lipinski definition) is 2. The molecule has 4 atom stereocenters. The molecule has 0 amide bonds. The zero-order chi connectivity index (χ0) is 14.5. The second-order valence-corrected chi connectivity index (χ2v) is 7.12. The number of nitrogens with zero attached hydrogens (tertiary/aromatic N) is 1. The van der Waals surface area contributed by atoms with E-state index in [9.17, 15) is 19.0 Å². The average molecular weight is 302 g/mol. The van der Waals surface area contributed by atoms with Crippen LogP contribution in [0.15, 0.2) is 15.8 Å². The molecule has 2 saturated heterocycles. The molecule has 2 aliphatic heterocycles. The van der Waals surface area contributed by atoms with Gasteiger partial charge in [-0.1, -0.05) is 0 Å². The highest BCUT2D eigenvalue weighted by Crippen LogP contribution is 2.52. The van der Waals surface area contributed by atoms with Crippen molar-refractivity contribution in [3.8, 4) is 0 Å². The van der Waals surface area contributed by atoms with Gasteiger partial charge in [-0.2, -0.15) is 0 Å². The molecule has 0 bridgehead atoms. The van der Waals surface area contributed by atoms with Gasteiger partial charge >= 0.3 is 13.3 Å². The van der Waals surface area contributed by atoms with Gasteiger partial charge in [-0.3, -0.25) is 18.9 Å². The fourth-order valence-electron chi connectivity index (χ4n) is 2.66. The minimum atomic E-state index is -3.53. The van der Waals surface area contributed by atoms with Crippen molar-refractivity contribution in [1.82, 2.24) is 9.55 Å². The van der Waals surface area contributed by atoms with E-state index in [2.05, 4.69) is 4.98 Å². The lowest BCUT2D eigenvalue weighted by Crippen LogP contribution is -2.33. The van der Waals surface area contributed by atoms with Crippen molar-refractivity contribution in [2.75, 3.05) is 12.8 Å². The van der Waals surface area contributed by atoms with Crippen molar-refractivity contribution in [2.24, 2.45) is 5.92 Å². The van der Waals surface area contributed by atoms with Gasteiger partial charge in [0.1, 0.15) is 6.23 Å². The molecule has 0 aromatic carbocycles. The van der Waals surface area contributed by atoms with Gasteiger partial charge < -0.3 is 14.2 Å². The summed E-state index contributed by atoms with van der Waals surface area (Å²) in [6, 6.07) is 0. The number of H-pyrrole nitrogens is 1. The lowest BCUT2D eigenvalue weighted by molar-refractivity contribution is -0.0336. The summed E-state index contributed by atoms with van der Waals surface area (Å²) in [6.45, 7) is 1.65. The van der Waals surface area contributed by atoms with Gasteiger partial charge in [0.05, 0.1) is 18.9 Å². The van der Waals surface area contributed by atoms with Gasteiger partial charge in [0.25, 0.3) is 5.56 Å². The maximum absolute atomic E-state index is 11.8. The van der Waals surface area contributed by atoms with Crippen molar-refractivity contribution in [3.63, 3.8) is 0 Å². The highest BCUT2D eigenvalue weighted by atomic mass is 31.2. The molecule has 110 valence electrons. The van der Waals surface area contributed by atoms with Crippen molar-refractivity contribution in [1.29, 1.82) is 0 Å². The first-order valence-electron chi connectivity index (χ1n) is 6.29. The molecule has 2 aliphatic rings. The molecule has 8 nitrogen and oxygen atoms in total. The molecule has 0 aliphatic carbocycles. The Balaban J connectivity index is 1.88. The molecular formula is C11H15N2O6P. The van der Waals surface area contributed by atoms with Crippen LogP contribution in [0.4, 0.5) is 0 Å². The van der Waals surface area contributed by atoms with Crippen LogP contribution in [0.1, 0.15) is 18.2 Å². The number of nitrogens with one attached hydrogen (secondary N) is 1. The summed E-state index contributed by atoms with van der Waals surface area (Å²) in [7, 11) is -3.53. The number of rotatable bonds is 1. The molecule has 2 N–H and O–H groups in total. The Kier molecular flexibility index (Phi) is 3.21. The zero-order valence-electron chi connectivity index (χ0n) is 10.8. The summed E-state index contributed by atoms with van der Waals surface area (Å²) in [5, 5.41) is 0. The fraction of sp³-hybridized carbons (Fsp3) is 0.636. The van der Waals surface area contributed by atoms with Gasteiger partial charge in [-0.05, 0) is 13.3 Å². The minimum Gasteiger partial charge on any atom is -0.352 e. The standard InChI is InChI=1S/C11H15N2O6P/c1-6-3-13(11(15)12-10(6)14)9-2-7-5-20(16,17)18-4-8(7)19-9/h3,7-9H,2,4-5H2,1H3,(H,16,17)(H,12,14,15)/t7-,8-,9-/m1/s1. The lowest BCUT2D eigenvalue weighted by Gasteiger charge is -2.26. The Morgan fingerprint density at radius 2 is 2.25 bits per heavy atom. The Morgan fingerprint density at radius 3 is 3.00 bits per heavy atom. The first-order chi connectivity index (χ1) is 9.35. The molecule has 2 fully saturated rings. The van der Waals surface area contributed by atoms with E-state index in [4.69, 9.17) is 9.26 Å². The first kappa shape index (κ1) is 13.8. The topological polar surface area (TPSA) is 111 Å². The van der Waals surface area contributed by atoms with Crippen LogP contribution in [0.2, 0.25) is 0 Å². The summed E-state index contributed by atoms with van der Waals surface area (Å²) < 4.78 is 23.4. The molecule has 1 unspecified atom stereocenters. The molecule has 3 heterocycles. The van der Waals surface area contributed by atoms with Crippen molar-refractivity contribution < 1.29 is 18.7 Å². The normalized spacial score (nSPS) is 36.8. The maximum atomic E-state index is 11.8. The molecule has 9 heteroatoms. The number of aromatic amines is 1. The van der Waals surface area contributed by atoms with Crippen LogP contribution >= 0.6 is 7.60 Å². The Hall–Kier alpha value is -1.21. The molecule has 1 aromatic rings. The number of fused-ring (bicyclic) bond motifs is 1. The van der Waals surface area contributed by atoms with Gasteiger partial charge in [0.2, 0.25) is 0 Å². The van der Waals surface area contributed by atoms with Crippen molar-refractivity contribution in [2.45, 2.75) is 25.7 Å². The Bertz CT molecular complexity index is 695. The van der Waals surface area contributed by atoms with E-state index in [0.717, 1.165) is 0 Å². The Morgan fingerprint density at radius 1 is 1.50 bits per heavy atom. The SMILES string of the molecule is Cc1cn([C@H]2C[C@@H]3CP(=O)(O)OC[C@H]3O2)c(=O)[nH]c1=O. The molecule has 0 radical (unpaired) electrons. The second kappa shape index (κ2) is 4.66. The summed E-state index contributed by atoms with van der Waals surface area (Å²) >= 11 is 0. The third kappa shape index (κ3) is 2.40. The summed E-state index contributed by atoms with van der Waals surface area (Å²) in [5.41, 5.74) is -0.561. The van der Waals surface area contributed by atoms with E-state index in [1.807, 2.05) is 0 Å². The molecule has 1 aromatic heterocycles. The number of aryl methyl sites for hydroxylation is 1. The molecule has 0 spiro atoms. The van der Waals surface area contributed by atoms with Crippen molar-refractivity contribution in [3.05, 3.63) is 32.6 Å². The fourth-order valence-corrected chi connectivity index (χ4v) is 4.13. The predicted molar refractivity (Wildman–Crippen MR) is 68.7 cm³/mol. The van der Waals surface area contributed by atoms with Crippen LogP contribution in [-0.4, -0.2) is 33.3 Å². The monoisotopic (exact) mass is 302 g/mol. The van der Waals surface area contributed by atoms with Gasteiger partial charge in [-0.15, -0.1) is 0 Å². The third-order valence-corrected chi connectivity index (χ3v) is 5.21. The third-order valence-electron chi connectivity index (χ3n) is 3.72. The molecule has 3 rings (SSSR count). The Labute approximate surface area is 113 Å². The predicted octanol–water partition coefficient (Wildman–Crippen LogP) is -0.0357. The largest absolute Gasteiger partial charge is 0.352 e. The van der Waals surface area contributed by atoms with Gasteiger partial charge in [0.15, 0.2) is 0 Å². The molecule has 20 heavy (non-hydrogen) atoms. The molecule has 0 saturated carbocycles. The second-order valence-electron chi connectivity index (χ2n) is 5.22. The summed E-state index contributed by atoms with van der Waals surface area (Å²) in [4.78, 5) is 34.8. The van der Waals surface area contributed by atoms with Crippen LogP contribution in [-0.2, 0) is 13.8 Å². The van der Waals surface area contributed by atoms with Crippen LogP contribution in [0.3, 0.4) is 0 Å². The van der Waals surface area contributed by atoms with Crippen LogP contribution in [0.5, 0.6) is 0 Å². The highest BCUT2D eigenvalue weighted by Gasteiger charge is 2.45. The number of ether oxygens (including phenoxy) is 1. The van der Waals surface area contributed by atoms with E-state index < -0.39 is 25.1 Å². The summed E-state index contributed by atoms with van der Waals surface area (Å²) in [6.07, 6.45) is 1.08. The first-order valence-corrected chi connectivity index (χ1v) is 8.06. The molecular weight excluding hydrogens is 287 g/mol. The minimum absolute atomic E-state index is 0.0330. The average Bonchev–Trinajstić information content (AvgIpc) is 2.74. The van der Waals surface area contributed by atoms with Crippen LogP contribution < -0.4 is 11.2 Å². The van der Waals surface area contributed by atoms with Crippen LogP contribution in [0, 0.1) is 12.8 Å². The summed E-state index contributed by atoms with van der Waals surface area (Å²) in [5.74, 6) is -0.122. The van der Waals surface area contributed by atoms with Gasteiger partial charge in [0, 0.05) is 17.7 Å². The van der Waals surface area contributed by atoms with E-state index in [0.29, 0.717) is 12.0 Å². The van der Waals surface area contributed by atoms with Crippen molar-refractivity contribution >= 4 is 7.60 Å². The van der Waals surface area contributed by atoms with E-state index in [1.165, 1.54) is 10.8 Å². The zero-order valence-corrected chi connectivity index (χ0v) is 11.7. The quantitative estimate of drug-likeness (QED) is 0.704. The van der Waals surface area contributed by atoms with E-state index in [1.54, 1.807) is 6.92 Å². The number of aromatic nitrogens is 2. The number of hydrogen-bond acceptors (Lipinski definition) is 5. The van der Waals surface area contributed by atoms with E-state index >= 15 is 0 Å². The van der Waals surface area contributed by atoms with E-state index in [-0.39, 0.29) is 24.8 Å². The highest BCUT2D eigenvalue weighted by molar-refractivity contribution is 7.52.